The molecule has 1 saturated heterocycles. The summed E-state index contributed by atoms with van der Waals surface area (Å²) >= 11 is 0. The molecule has 0 amide bonds. The maximum Gasteiger partial charge on any atom is 0.160 e. The lowest BCUT2D eigenvalue weighted by atomic mass is 10.1. The van der Waals surface area contributed by atoms with Gasteiger partial charge in [0.25, 0.3) is 0 Å². The normalized spacial score (nSPS) is 16.2. The number of rotatable bonds is 6. The molecule has 8 heteroatoms. The maximum atomic E-state index is 5.49. The Balaban J connectivity index is 1.46. The van der Waals surface area contributed by atoms with Crippen LogP contribution in [0.2, 0.25) is 0 Å². The largest absolute Gasteiger partial charge is 0.379 e. The fourth-order valence-corrected chi connectivity index (χ4v) is 3.24. The Bertz CT molecular complexity index is 844. The molecule has 1 aliphatic rings. The first kappa shape index (κ1) is 17.6. The third kappa shape index (κ3) is 4.12. The van der Waals surface area contributed by atoms with Gasteiger partial charge in [-0.05, 0) is 24.3 Å². The van der Waals surface area contributed by atoms with E-state index < -0.39 is 0 Å². The summed E-state index contributed by atoms with van der Waals surface area (Å²) in [5.41, 5.74) is 1.80. The number of nitrogens with one attached hydrogen (secondary N) is 1. The number of aryl methyl sites for hydroxylation is 1. The van der Waals surface area contributed by atoms with Crippen molar-refractivity contribution in [1.82, 2.24) is 29.6 Å². The van der Waals surface area contributed by atoms with Gasteiger partial charge in [0.05, 0.1) is 24.9 Å². The van der Waals surface area contributed by atoms with E-state index in [2.05, 4.69) is 36.4 Å². The molecular formula is C19H23N7O. The summed E-state index contributed by atoms with van der Waals surface area (Å²) in [4.78, 5) is 11.3. The molecule has 140 valence electrons. The summed E-state index contributed by atoms with van der Waals surface area (Å²) in [6.07, 6.45) is 5.48. The van der Waals surface area contributed by atoms with Crippen LogP contribution in [0.5, 0.6) is 0 Å². The summed E-state index contributed by atoms with van der Waals surface area (Å²) in [6, 6.07) is 10.1. The van der Waals surface area contributed by atoms with Gasteiger partial charge in [-0.3, -0.25) is 9.88 Å². The molecule has 0 aliphatic carbocycles. The molecule has 0 bridgehead atoms. The van der Waals surface area contributed by atoms with E-state index in [1.165, 1.54) is 0 Å². The molecule has 8 nitrogen and oxygen atoms in total. The molecule has 0 aromatic carbocycles. The zero-order valence-electron chi connectivity index (χ0n) is 15.3. The van der Waals surface area contributed by atoms with Gasteiger partial charge in [-0.25, -0.2) is 4.98 Å². The number of pyridine rings is 1. The Labute approximate surface area is 158 Å². The van der Waals surface area contributed by atoms with Gasteiger partial charge in [-0.15, -0.1) is 10.2 Å². The van der Waals surface area contributed by atoms with Crippen molar-refractivity contribution in [2.45, 2.75) is 6.04 Å². The van der Waals surface area contributed by atoms with E-state index in [4.69, 9.17) is 4.74 Å². The third-order valence-electron chi connectivity index (χ3n) is 4.71. The van der Waals surface area contributed by atoms with E-state index in [1.54, 1.807) is 6.20 Å². The number of imidazole rings is 1. The number of morpholine rings is 1. The van der Waals surface area contributed by atoms with Gasteiger partial charge < -0.3 is 14.6 Å². The van der Waals surface area contributed by atoms with Crippen molar-refractivity contribution in [3.05, 3.63) is 54.6 Å². The van der Waals surface area contributed by atoms with Crippen LogP contribution in [0.4, 0.5) is 5.82 Å². The molecular weight excluding hydrogens is 342 g/mol. The average Bonchev–Trinajstić information content (AvgIpc) is 3.16. The predicted molar refractivity (Wildman–Crippen MR) is 102 cm³/mol. The van der Waals surface area contributed by atoms with E-state index >= 15 is 0 Å². The lowest BCUT2D eigenvalue weighted by Gasteiger charge is -2.34. The van der Waals surface area contributed by atoms with Crippen LogP contribution in [0.25, 0.3) is 11.5 Å². The molecule has 4 heterocycles. The fraction of sp³-hybridized carbons (Fsp3) is 0.368. The van der Waals surface area contributed by atoms with Gasteiger partial charge in [0.2, 0.25) is 0 Å². The molecule has 0 spiro atoms. The molecule has 1 aliphatic heterocycles. The van der Waals surface area contributed by atoms with Crippen LogP contribution in [0, 0.1) is 0 Å². The number of hydrogen-bond acceptors (Lipinski definition) is 7. The minimum absolute atomic E-state index is 0.158. The average molecular weight is 365 g/mol. The van der Waals surface area contributed by atoms with Gasteiger partial charge in [-0.1, -0.05) is 6.07 Å². The smallest absolute Gasteiger partial charge is 0.160 e. The monoisotopic (exact) mass is 365 g/mol. The summed E-state index contributed by atoms with van der Waals surface area (Å²) < 4.78 is 7.42. The zero-order valence-corrected chi connectivity index (χ0v) is 15.3. The molecule has 3 aromatic rings. The quantitative estimate of drug-likeness (QED) is 0.713. The first-order chi connectivity index (χ1) is 13.3. The van der Waals surface area contributed by atoms with Crippen molar-refractivity contribution in [1.29, 1.82) is 0 Å². The van der Waals surface area contributed by atoms with E-state index in [0.29, 0.717) is 6.54 Å². The van der Waals surface area contributed by atoms with Crippen molar-refractivity contribution >= 4 is 5.82 Å². The number of hydrogen-bond donors (Lipinski definition) is 1. The molecule has 1 atom stereocenters. The first-order valence-electron chi connectivity index (χ1n) is 9.09. The molecule has 0 saturated carbocycles. The zero-order chi connectivity index (χ0) is 18.5. The second kappa shape index (κ2) is 8.24. The van der Waals surface area contributed by atoms with E-state index in [0.717, 1.165) is 49.3 Å². The Morgan fingerprint density at radius 3 is 2.63 bits per heavy atom. The van der Waals surface area contributed by atoms with Crippen molar-refractivity contribution in [3.8, 4) is 11.5 Å². The number of nitrogens with zero attached hydrogens (tertiary/aromatic N) is 6. The van der Waals surface area contributed by atoms with Crippen LogP contribution in [0.1, 0.15) is 11.7 Å². The van der Waals surface area contributed by atoms with Gasteiger partial charge in [0.15, 0.2) is 5.82 Å². The van der Waals surface area contributed by atoms with Crippen LogP contribution >= 0.6 is 0 Å². The minimum atomic E-state index is 0.158. The van der Waals surface area contributed by atoms with Crippen molar-refractivity contribution < 1.29 is 4.74 Å². The van der Waals surface area contributed by atoms with Crippen molar-refractivity contribution in [2.24, 2.45) is 7.05 Å². The summed E-state index contributed by atoms with van der Waals surface area (Å²) in [5.74, 6) is 1.54. The van der Waals surface area contributed by atoms with Crippen LogP contribution < -0.4 is 5.32 Å². The van der Waals surface area contributed by atoms with E-state index in [9.17, 15) is 0 Å². The molecule has 0 radical (unpaired) electrons. The van der Waals surface area contributed by atoms with Crippen LogP contribution in [0.15, 0.2) is 48.9 Å². The Hall–Kier alpha value is -2.84. The molecule has 27 heavy (non-hydrogen) atoms. The second-order valence-electron chi connectivity index (χ2n) is 6.47. The SMILES string of the molecule is Cn1ccnc1-c1ccc(NC[C@H](c2ccccn2)N2CCOCC2)nn1. The Kier molecular flexibility index (Phi) is 5.36. The highest BCUT2D eigenvalue weighted by Gasteiger charge is 2.23. The number of ether oxygens (including phenoxy) is 1. The highest BCUT2D eigenvalue weighted by Crippen LogP contribution is 2.21. The first-order valence-corrected chi connectivity index (χ1v) is 9.09. The van der Waals surface area contributed by atoms with Gasteiger partial charge >= 0.3 is 0 Å². The molecule has 0 unspecified atom stereocenters. The molecule has 3 aromatic heterocycles. The molecule has 1 fully saturated rings. The standard InChI is InChI=1S/C19H23N7O/c1-25-9-8-21-19(25)16-5-6-18(24-23-16)22-14-17(15-4-2-3-7-20-15)26-10-12-27-13-11-26/h2-9,17H,10-14H2,1H3,(H,22,24)/t17-/m1/s1. The highest BCUT2D eigenvalue weighted by atomic mass is 16.5. The summed E-state index contributed by atoms with van der Waals surface area (Å²) in [5, 5.41) is 12.0. The van der Waals surface area contributed by atoms with Crippen molar-refractivity contribution in [3.63, 3.8) is 0 Å². The Morgan fingerprint density at radius 1 is 1.07 bits per heavy atom. The van der Waals surface area contributed by atoms with Gasteiger partial charge in [0, 0.05) is 45.3 Å². The topological polar surface area (TPSA) is 81.0 Å². The van der Waals surface area contributed by atoms with Gasteiger partial charge in [-0.2, -0.15) is 0 Å². The highest BCUT2D eigenvalue weighted by molar-refractivity contribution is 5.51. The van der Waals surface area contributed by atoms with Crippen LogP contribution in [-0.4, -0.2) is 62.5 Å². The number of anilines is 1. The minimum Gasteiger partial charge on any atom is -0.379 e. The van der Waals surface area contributed by atoms with Gasteiger partial charge in [0.1, 0.15) is 11.5 Å². The van der Waals surface area contributed by atoms with Crippen LogP contribution in [0.3, 0.4) is 0 Å². The third-order valence-corrected chi connectivity index (χ3v) is 4.71. The summed E-state index contributed by atoms with van der Waals surface area (Å²) in [6.45, 7) is 4.00. The summed E-state index contributed by atoms with van der Waals surface area (Å²) in [7, 11) is 1.94. The maximum absolute atomic E-state index is 5.49. The molecule has 1 N–H and O–H groups in total. The molecule has 4 rings (SSSR count). The number of aromatic nitrogens is 5. The lowest BCUT2D eigenvalue weighted by Crippen LogP contribution is -2.41. The Morgan fingerprint density at radius 2 is 1.96 bits per heavy atom. The fourth-order valence-electron chi connectivity index (χ4n) is 3.24. The lowest BCUT2D eigenvalue weighted by molar-refractivity contribution is 0.0179. The van der Waals surface area contributed by atoms with Crippen LogP contribution in [-0.2, 0) is 11.8 Å². The van der Waals surface area contributed by atoms with E-state index in [1.807, 2.05) is 48.3 Å². The van der Waals surface area contributed by atoms with Crippen molar-refractivity contribution in [2.75, 3.05) is 38.2 Å². The predicted octanol–water partition coefficient (Wildman–Crippen LogP) is 1.76. The van der Waals surface area contributed by atoms with E-state index in [-0.39, 0.29) is 6.04 Å². The second-order valence-corrected chi connectivity index (χ2v) is 6.47.